The summed E-state index contributed by atoms with van der Waals surface area (Å²) in [6.07, 6.45) is -7.73. The van der Waals surface area contributed by atoms with Gasteiger partial charge in [0.2, 0.25) is 5.16 Å². The van der Waals surface area contributed by atoms with Crippen molar-refractivity contribution in [3.8, 4) is 5.75 Å². The van der Waals surface area contributed by atoms with E-state index in [1.807, 2.05) is 0 Å². The second-order valence-electron chi connectivity index (χ2n) is 9.25. The maximum absolute atomic E-state index is 13.6. The van der Waals surface area contributed by atoms with Crippen LogP contribution in [-0.2, 0) is 45.1 Å². The molecule has 1 aromatic carbocycles. The molecule has 0 amide bonds. The molecule has 0 radical (unpaired) electrons. The summed E-state index contributed by atoms with van der Waals surface area (Å²) in [5.41, 5.74) is 1.37. The summed E-state index contributed by atoms with van der Waals surface area (Å²) in [6.45, 7) is 4.83. The number of fused-ring (bicyclic) bond motifs is 1. The van der Waals surface area contributed by atoms with Gasteiger partial charge in [0.05, 0.1) is 59.3 Å². The predicted octanol–water partition coefficient (Wildman–Crippen LogP) is 4.94. The number of carbonyl (C=O) groups excluding carboxylic acids is 3. The molecule has 16 heteroatoms. The first-order valence-corrected chi connectivity index (χ1v) is 14.8. The van der Waals surface area contributed by atoms with Gasteiger partial charge in [-0.05, 0) is 45.9 Å². The number of aromatic nitrogens is 3. The molecule has 240 valence electrons. The Bertz CT molecular complexity index is 1480. The maximum Gasteiger partial charge on any atom is 0.510 e. The molecule has 2 unspecified atom stereocenters. The molecule has 0 saturated heterocycles. The van der Waals surface area contributed by atoms with E-state index in [4.69, 9.17) is 23.7 Å². The molecule has 0 fully saturated rings. The number of alkyl halides is 3. The molecule has 12 nitrogen and oxygen atoms in total. The molecule has 3 aromatic rings. The van der Waals surface area contributed by atoms with Crippen LogP contribution in [0.25, 0.3) is 11.0 Å². The van der Waals surface area contributed by atoms with Crippen LogP contribution in [0.5, 0.6) is 5.75 Å². The van der Waals surface area contributed by atoms with Crippen LogP contribution in [0.15, 0.2) is 41.7 Å². The Morgan fingerprint density at radius 1 is 1.00 bits per heavy atom. The highest BCUT2D eigenvalue weighted by atomic mass is 32.2. The number of benzene rings is 1. The largest absolute Gasteiger partial charge is 0.510 e. The van der Waals surface area contributed by atoms with Gasteiger partial charge in [0.25, 0.3) is 0 Å². The Balaban J connectivity index is 1.83. The summed E-state index contributed by atoms with van der Waals surface area (Å²) < 4.78 is 78.4. The van der Waals surface area contributed by atoms with Gasteiger partial charge in [-0.1, -0.05) is 12.1 Å². The first kappa shape index (κ1) is 34.3. The summed E-state index contributed by atoms with van der Waals surface area (Å²) >= 11 is 0. The fourth-order valence-corrected chi connectivity index (χ4v) is 5.40. The van der Waals surface area contributed by atoms with Crippen LogP contribution in [-0.4, -0.2) is 68.9 Å². The summed E-state index contributed by atoms with van der Waals surface area (Å²) in [4.78, 5) is 45.4. The number of ether oxygens (including phenoxy) is 5. The van der Waals surface area contributed by atoms with Gasteiger partial charge in [-0.2, -0.15) is 13.2 Å². The van der Waals surface area contributed by atoms with Crippen LogP contribution in [0.1, 0.15) is 51.1 Å². The summed E-state index contributed by atoms with van der Waals surface area (Å²) in [7, 11) is -1.93. The number of halogens is 3. The van der Waals surface area contributed by atoms with E-state index in [-0.39, 0.29) is 41.1 Å². The molecular weight excluding hydrogens is 611 g/mol. The third kappa shape index (κ3) is 9.65. The average molecular weight is 644 g/mol. The zero-order valence-electron chi connectivity index (χ0n) is 24.4. The van der Waals surface area contributed by atoms with Gasteiger partial charge < -0.3 is 23.7 Å². The van der Waals surface area contributed by atoms with Crippen molar-refractivity contribution in [1.82, 2.24) is 14.5 Å². The normalized spacial score (nSPS) is 12.9. The topological polar surface area (TPSA) is 145 Å². The summed E-state index contributed by atoms with van der Waals surface area (Å²) in [6, 6.07) is 7.99. The smallest absolute Gasteiger partial charge is 0.484 e. The van der Waals surface area contributed by atoms with E-state index < -0.39 is 66.9 Å². The third-order valence-electron chi connectivity index (χ3n) is 5.98. The van der Waals surface area contributed by atoms with Crippen molar-refractivity contribution >= 4 is 39.9 Å². The second kappa shape index (κ2) is 15.5. The number of esters is 2. The zero-order chi connectivity index (χ0) is 32.4. The van der Waals surface area contributed by atoms with Gasteiger partial charge in [-0.3, -0.25) is 23.3 Å². The molecule has 44 heavy (non-hydrogen) atoms. The van der Waals surface area contributed by atoms with E-state index in [9.17, 15) is 31.8 Å². The third-order valence-corrected chi connectivity index (χ3v) is 7.21. The number of nitrogens with zero attached hydrogens (tertiary/aromatic N) is 3. The molecule has 0 N–H and O–H groups in total. The van der Waals surface area contributed by atoms with Crippen LogP contribution in [0.3, 0.4) is 0 Å². The molecule has 2 aromatic heterocycles. The molecule has 0 aliphatic rings. The number of pyridine rings is 1. The van der Waals surface area contributed by atoms with E-state index in [1.54, 1.807) is 38.1 Å². The Hall–Kier alpha value is -4.21. The van der Waals surface area contributed by atoms with Gasteiger partial charge in [-0.25, -0.2) is 9.78 Å². The standard InChI is InChI=1S/C28H32F3N3O9S/c1-5-39-24(35)13-19(14-25(36)40-6-2)43-27(37)42-18(4)34-22-10-8-7-9-20(22)33-26(34)44(38)15-21-17(3)23(11-12-32-21)41-16-28(29,30)31/h7-12,18-19H,5-6,13-16H2,1-4H3. The minimum Gasteiger partial charge on any atom is -0.484 e. The monoisotopic (exact) mass is 643 g/mol. The zero-order valence-corrected chi connectivity index (χ0v) is 25.2. The van der Waals surface area contributed by atoms with Crippen LogP contribution in [0, 0.1) is 6.92 Å². The number of hydrogen-bond donors (Lipinski definition) is 0. The Morgan fingerprint density at radius 3 is 2.25 bits per heavy atom. The van der Waals surface area contributed by atoms with Crippen molar-refractivity contribution in [1.29, 1.82) is 0 Å². The van der Waals surface area contributed by atoms with Crippen LogP contribution in [0.4, 0.5) is 18.0 Å². The van der Waals surface area contributed by atoms with Gasteiger partial charge in [0.15, 0.2) is 12.8 Å². The number of hydrogen-bond acceptors (Lipinski definition) is 11. The van der Waals surface area contributed by atoms with Gasteiger partial charge in [0, 0.05) is 11.8 Å². The predicted molar refractivity (Wildman–Crippen MR) is 149 cm³/mol. The van der Waals surface area contributed by atoms with Crippen molar-refractivity contribution < 1.29 is 55.4 Å². The molecule has 0 aliphatic heterocycles. The lowest BCUT2D eigenvalue weighted by molar-refractivity contribution is -0.153. The van der Waals surface area contributed by atoms with Crippen molar-refractivity contribution in [3.05, 3.63) is 47.8 Å². The van der Waals surface area contributed by atoms with Gasteiger partial charge in [-0.15, -0.1) is 0 Å². The number of imidazole rings is 1. The van der Waals surface area contributed by atoms with Crippen molar-refractivity contribution in [2.45, 2.75) is 70.0 Å². The molecule has 2 heterocycles. The molecule has 0 aliphatic carbocycles. The average Bonchev–Trinajstić information content (AvgIpc) is 3.33. The summed E-state index contributed by atoms with van der Waals surface area (Å²) in [5, 5.41) is -0.0103. The van der Waals surface area contributed by atoms with E-state index in [0.717, 1.165) is 0 Å². The first-order chi connectivity index (χ1) is 20.8. The lowest BCUT2D eigenvalue weighted by atomic mass is 10.2. The van der Waals surface area contributed by atoms with Gasteiger partial charge in [0.1, 0.15) is 11.9 Å². The summed E-state index contributed by atoms with van der Waals surface area (Å²) in [5.74, 6) is -1.69. The molecule has 0 spiro atoms. The van der Waals surface area contributed by atoms with E-state index >= 15 is 0 Å². The van der Waals surface area contributed by atoms with Crippen molar-refractivity contribution in [2.75, 3.05) is 19.8 Å². The molecule has 0 saturated carbocycles. The maximum atomic E-state index is 13.6. The van der Waals surface area contributed by atoms with E-state index in [1.165, 1.54) is 30.7 Å². The van der Waals surface area contributed by atoms with Crippen molar-refractivity contribution in [2.24, 2.45) is 0 Å². The number of carbonyl (C=O) groups is 3. The molecule has 0 bridgehead atoms. The highest BCUT2D eigenvalue weighted by molar-refractivity contribution is 7.84. The molecule has 3 rings (SSSR count). The fourth-order valence-electron chi connectivity index (χ4n) is 4.07. The SMILES string of the molecule is CCOC(=O)CC(CC(=O)OCC)OC(=O)OC(C)n1c(S(=O)Cc2nccc(OCC(F)(F)F)c2C)nc2ccccc21. The lowest BCUT2D eigenvalue weighted by Gasteiger charge is -2.20. The first-order valence-electron chi connectivity index (χ1n) is 13.5. The number of para-hydroxylation sites is 2. The fraction of sp³-hybridized carbons (Fsp3) is 0.464. The minimum absolute atomic E-state index is 0.0103. The Labute approximate surface area is 253 Å². The number of rotatable bonds is 14. The highest BCUT2D eigenvalue weighted by Crippen LogP contribution is 2.28. The second-order valence-corrected chi connectivity index (χ2v) is 10.6. The van der Waals surface area contributed by atoms with Crippen LogP contribution in [0.2, 0.25) is 0 Å². The van der Waals surface area contributed by atoms with E-state index in [2.05, 4.69) is 9.97 Å². The van der Waals surface area contributed by atoms with Crippen LogP contribution < -0.4 is 4.74 Å². The highest BCUT2D eigenvalue weighted by Gasteiger charge is 2.30. The van der Waals surface area contributed by atoms with E-state index in [0.29, 0.717) is 11.0 Å². The van der Waals surface area contributed by atoms with Crippen molar-refractivity contribution in [3.63, 3.8) is 0 Å². The quantitative estimate of drug-likeness (QED) is 0.174. The Kier molecular flexibility index (Phi) is 12.1. The van der Waals surface area contributed by atoms with Crippen LogP contribution >= 0.6 is 0 Å². The minimum atomic E-state index is -4.54. The lowest BCUT2D eigenvalue weighted by Crippen LogP contribution is -2.28. The van der Waals surface area contributed by atoms with Gasteiger partial charge >= 0.3 is 24.3 Å². The molecule has 2 atom stereocenters. The molecular formula is C28H32F3N3O9S. The Morgan fingerprint density at radius 2 is 1.64 bits per heavy atom.